The van der Waals surface area contributed by atoms with Gasteiger partial charge in [0, 0.05) is 6.42 Å². The third kappa shape index (κ3) is 1.88. The monoisotopic (exact) mass is 202 g/mol. The highest BCUT2D eigenvalue weighted by Crippen LogP contribution is 2.28. The molecular formula is C7H10N2O5. The topological polar surface area (TPSA) is 122 Å². The second-order valence-electron chi connectivity index (χ2n) is 3.13. The summed E-state index contributed by atoms with van der Waals surface area (Å²) in [6, 6.07) is -0.911. The number of rotatable bonds is 2. The van der Waals surface area contributed by atoms with Gasteiger partial charge in [0.2, 0.25) is 0 Å². The third-order valence-electron chi connectivity index (χ3n) is 1.75. The fourth-order valence-corrected chi connectivity index (χ4v) is 0.624. The molecule has 7 nitrogen and oxygen atoms in total. The minimum Gasteiger partial charge on any atom is -0.319 e. The molecule has 1 rings (SSSR count). The SMILES string of the molecule is CC(N)C(=O)OOC(=O)C1(N)CC1=O. The molecule has 14 heavy (non-hydrogen) atoms. The molecule has 0 radical (unpaired) electrons. The summed E-state index contributed by atoms with van der Waals surface area (Å²) >= 11 is 0. The van der Waals surface area contributed by atoms with Crippen LogP contribution >= 0.6 is 0 Å². The van der Waals surface area contributed by atoms with E-state index in [-0.39, 0.29) is 6.42 Å². The molecule has 78 valence electrons. The molecule has 0 aromatic carbocycles. The highest BCUT2D eigenvalue weighted by molar-refractivity contribution is 6.22. The maximum atomic E-state index is 11.0. The molecule has 1 aliphatic carbocycles. The fraction of sp³-hybridized carbons (Fsp3) is 0.571. The van der Waals surface area contributed by atoms with Gasteiger partial charge in [-0.2, -0.15) is 0 Å². The van der Waals surface area contributed by atoms with Crippen molar-refractivity contribution >= 4 is 17.7 Å². The first-order valence-corrected chi connectivity index (χ1v) is 3.88. The van der Waals surface area contributed by atoms with Gasteiger partial charge in [-0.1, -0.05) is 0 Å². The molecule has 0 bridgehead atoms. The number of hydrogen-bond donors (Lipinski definition) is 2. The predicted octanol–water partition coefficient (Wildman–Crippen LogP) is -1.99. The lowest BCUT2D eigenvalue weighted by molar-refractivity contribution is -0.261. The van der Waals surface area contributed by atoms with Gasteiger partial charge >= 0.3 is 11.9 Å². The Morgan fingerprint density at radius 1 is 1.50 bits per heavy atom. The first-order valence-electron chi connectivity index (χ1n) is 3.88. The quantitative estimate of drug-likeness (QED) is 0.302. The standard InChI is InChI=1S/C7H10N2O5/c1-3(8)5(11)13-14-6(12)7(9)2-4(7)10/h3H,2,8-9H2,1H3. The predicted molar refractivity (Wildman–Crippen MR) is 42.4 cm³/mol. The maximum Gasteiger partial charge on any atom is 0.383 e. The molecule has 2 unspecified atom stereocenters. The van der Waals surface area contributed by atoms with Crippen molar-refractivity contribution in [1.29, 1.82) is 0 Å². The summed E-state index contributed by atoms with van der Waals surface area (Å²) in [7, 11) is 0. The second-order valence-corrected chi connectivity index (χ2v) is 3.13. The highest BCUT2D eigenvalue weighted by Gasteiger charge is 2.59. The van der Waals surface area contributed by atoms with E-state index in [0.29, 0.717) is 0 Å². The molecule has 0 aromatic heterocycles. The minimum absolute atomic E-state index is 0.0957. The molecule has 0 heterocycles. The van der Waals surface area contributed by atoms with Gasteiger partial charge in [0.05, 0.1) is 0 Å². The Kier molecular flexibility index (Phi) is 2.54. The van der Waals surface area contributed by atoms with Crippen LogP contribution in [0.25, 0.3) is 0 Å². The van der Waals surface area contributed by atoms with E-state index in [4.69, 9.17) is 11.5 Å². The van der Waals surface area contributed by atoms with Crippen LogP contribution < -0.4 is 11.5 Å². The number of ketones is 1. The molecule has 0 spiro atoms. The van der Waals surface area contributed by atoms with Crippen LogP contribution in [0.3, 0.4) is 0 Å². The lowest BCUT2D eigenvalue weighted by atomic mass is 10.3. The van der Waals surface area contributed by atoms with Crippen LogP contribution in [0.1, 0.15) is 13.3 Å². The number of Topliss-reactive ketones (excluding diaryl/α,β-unsaturated/α-hetero) is 1. The fourth-order valence-electron chi connectivity index (χ4n) is 0.624. The van der Waals surface area contributed by atoms with Crippen molar-refractivity contribution in [2.45, 2.75) is 24.9 Å². The number of carbonyl (C=O) groups excluding carboxylic acids is 3. The van der Waals surface area contributed by atoms with Gasteiger partial charge in [0.25, 0.3) is 0 Å². The van der Waals surface area contributed by atoms with Gasteiger partial charge in [-0.3, -0.25) is 4.79 Å². The Hall–Kier alpha value is -1.47. The average molecular weight is 202 g/mol. The Morgan fingerprint density at radius 3 is 2.36 bits per heavy atom. The van der Waals surface area contributed by atoms with Crippen LogP contribution in [0.5, 0.6) is 0 Å². The van der Waals surface area contributed by atoms with Gasteiger partial charge in [0.1, 0.15) is 6.04 Å². The van der Waals surface area contributed by atoms with Crippen molar-refractivity contribution in [2.24, 2.45) is 11.5 Å². The van der Waals surface area contributed by atoms with Crippen molar-refractivity contribution in [3.63, 3.8) is 0 Å². The van der Waals surface area contributed by atoms with Gasteiger partial charge in [-0.05, 0) is 6.92 Å². The number of nitrogens with two attached hydrogens (primary N) is 2. The Bertz CT molecular complexity index is 300. The largest absolute Gasteiger partial charge is 0.383 e. The molecule has 0 saturated heterocycles. The summed E-state index contributed by atoms with van der Waals surface area (Å²) in [5, 5.41) is 0. The smallest absolute Gasteiger partial charge is 0.319 e. The summed E-state index contributed by atoms with van der Waals surface area (Å²) in [6.45, 7) is 1.36. The Labute approximate surface area is 79.2 Å². The molecule has 2 atom stereocenters. The summed E-state index contributed by atoms with van der Waals surface area (Å²) in [4.78, 5) is 40.4. The number of hydrogen-bond acceptors (Lipinski definition) is 7. The summed E-state index contributed by atoms with van der Waals surface area (Å²) in [6.07, 6.45) is -0.0957. The van der Waals surface area contributed by atoms with Gasteiger partial charge in [-0.15, -0.1) is 0 Å². The van der Waals surface area contributed by atoms with E-state index >= 15 is 0 Å². The zero-order chi connectivity index (χ0) is 10.9. The van der Waals surface area contributed by atoms with E-state index in [1.54, 1.807) is 0 Å². The highest BCUT2D eigenvalue weighted by atomic mass is 17.2. The molecule has 0 aliphatic heterocycles. The zero-order valence-corrected chi connectivity index (χ0v) is 7.48. The van der Waals surface area contributed by atoms with E-state index in [1.165, 1.54) is 6.92 Å². The Balaban J connectivity index is 2.37. The van der Waals surface area contributed by atoms with Crippen LogP contribution in [-0.2, 0) is 24.2 Å². The molecule has 0 aromatic rings. The van der Waals surface area contributed by atoms with Crippen LogP contribution in [0.2, 0.25) is 0 Å². The second kappa shape index (κ2) is 3.35. The van der Waals surface area contributed by atoms with Gasteiger partial charge < -0.3 is 11.5 Å². The maximum absolute atomic E-state index is 11.0. The molecule has 1 saturated carbocycles. The van der Waals surface area contributed by atoms with Crippen molar-refractivity contribution in [2.75, 3.05) is 0 Å². The molecule has 0 amide bonds. The van der Waals surface area contributed by atoms with E-state index in [0.717, 1.165) is 0 Å². The van der Waals surface area contributed by atoms with Crippen molar-refractivity contribution in [1.82, 2.24) is 0 Å². The number of carbonyl (C=O) groups is 3. The lowest BCUT2D eigenvalue weighted by Crippen LogP contribution is -2.39. The minimum atomic E-state index is -1.63. The molecule has 1 fully saturated rings. The zero-order valence-electron chi connectivity index (χ0n) is 7.48. The van der Waals surface area contributed by atoms with E-state index < -0.39 is 29.3 Å². The van der Waals surface area contributed by atoms with Gasteiger partial charge in [-0.25, -0.2) is 19.4 Å². The normalized spacial score (nSPS) is 26.6. The van der Waals surface area contributed by atoms with Crippen LogP contribution in [0.15, 0.2) is 0 Å². The summed E-state index contributed by atoms with van der Waals surface area (Å²) in [5.41, 5.74) is 8.73. The van der Waals surface area contributed by atoms with E-state index in [2.05, 4.69) is 9.78 Å². The lowest BCUT2D eigenvalue weighted by Gasteiger charge is -2.06. The van der Waals surface area contributed by atoms with Crippen LogP contribution in [0, 0.1) is 0 Å². The molecule has 1 aliphatic rings. The first-order chi connectivity index (χ1) is 6.38. The first kappa shape index (κ1) is 10.6. The van der Waals surface area contributed by atoms with E-state index in [9.17, 15) is 14.4 Å². The molecule has 4 N–H and O–H groups in total. The van der Waals surface area contributed by atoms with Crippen molar-refractivity contribution < 1.29 is 24.2 Å². The summed E-state index contributed by atoms with van der Waals surface area (Å²) in [5.74, 6) is -2.43. The molecular weight excluding hydrogens is 192 g/mol. The van der Waals surface area contributed by atoms with Crippen LogP contribution in [-0.4, -0.2) is 29.3 Å². The van der Waals surface area contributed by atoms with Crippen molar-refractivity contribution in [3.05, 3.63) is 0 Å². The Morgan fingerprint density at radius 2 is 2.00 bits per heavy atom. The van der Waals surface area contributed by atoms with Gasteiger partial charge in [0.15, 0.2) is 11.3 Å². The van der Waals surface area contributed by atoms with Crippen molar-refractivity contribution in [3.8, 4) is 0 Å². The summed E-state index contributed by atoms with van der Waals surface area (Å²) < 4.78 is 0. The average Bonchev–Trinajstić information content (AvgIpc) is 2.71. The van der Waals surface area contributed by atoms with E-state index in [1.807, 2.05) is 0 Å². The molecule has 7 heteroatoms. The third-order valence-corrected chi connectivity index (χ3v) is 1.75. The van der Waals surface area contributed by atoms with Crippen LogP contribution in [0.4, 0.5) is 0 Å².